The molecule has 0 bridgehead atoms. The number of thioether (sulfide) groups is 1. The summed E-state index contributed by atoms with van der Waals surface area (Å²) in [6.07, 6.45) is -0.866. The highest BCUT2D eigenvalue weighted by molar-refractivity contribution is 7.99. The number of carbonyl (C=O) groups excluding carboxylic acids is 1. The third kappa shape index (κ3) is 4.13. The molecule has 4 rings (SSSR count). The van der Waals surface area contributed by atoms with Gasteiger partial charge < -0.3 is 18.9 Å². The summed E-state index contributed by atoms with van der Waals surface area (Å²) in [5, 5.41) is 9.11. The molecule has 0 aliphatic carbocycles. The van der Waals surface area contributed by atoms with Crippen LogP contribution in [0.3, 0.4) is 0 Å². The number of nitrogens with zero attached hydrogens (tertiary/aromatic N) is 4. The molecule has 0 saturated heterocycles. The van der Waals surface area contributed by atoms with Crippen molar-refractivity contribution in [2.24, 2.45) is 0 Å². The van der Waals surface area contributed by atoms with Crippen LogP contribution in [0.1, 0.15) is 25.6 Å². The molecule has 1 aromatic heterocycles. The SMILES string of the molecule is CCSc1nnc2c(n1)O[C@H](c1cc(OC)c(OC)c(OC)c1)N(C(C)=O)c1ccccc1-2. The molecule has 1 amide bonds. The second-order valence-corrected chi connectivity index (χ2v) is 8.25. The molecule has 0 N–H and O–H groups in total. The lowest BCUT2D eigenvalue weighted by atomic mass is 10.1. The van der Waals surface area contributed by atoms with Crippen molar-refractivity contribution in [1.29, 1.82) is 0 Å². The molecule has 1 atom stereocenters. The van der Waals surface area contributed by atoms with Gasteiger partial charge in [-0.2, -0.15) is 4.98 Å². The van der Waals surface area contributed by atoms with E-state index in [1.165, 1.54) is 40.0 Å². The van der Waals surface area contributed by atoms with E-state index in [0.29, 0.717) is 44.9 Å². The van der Waals surface area contributed by atoms with Crippen LogP contribution in [0.4, 0.5) is 5.69 Å². The summed E-state index contributed by atoms with van der Waals surface area (Å²) in [5.41, 5.74) is 2.41. The number of anilines is 1. The quantitative estimate of drug-likeness (QED) is 0.495. The van der Waals surface area contributed by atoms with Gasteiger partial charge in [-0.25, -0.2) is 0 Å². The van der Waals surface area contributed by atoms with Gasteiger partial charge in [0.1, 0.15) is 0 Å². The second kappa shape index (κ2) is 9.53. The third-order valence-electron chi connectivity index (χ3n) is 5.10. The molecule has 2 heterocycles. The number of fused-ring (bicyclic) bond motifs is 3. The van der Waals surface area contributed by atoms with Crippen LogP contribution in [-0.2, 0) is 4.79 Å². The summed E-state index contributed by atoms with van der Waals surface area (Å²) in [6, 6.07) is 11.0. The maximum Gasteiger partial charge on any atom is 0.247 e. The van der Waals surface area contributed by atoms with Crippen molar-refractivity contribution in [3.05, 3.63) is 42.0 Å². The van der Waals surface area contributed by atoms with E-state index in [2.05, 4.69) is 15.2 Å². The molecule has 0 saturated carbocycles. The van der Waals surface area contributed by atoms with Crippen molar-refractivity contribution in [3.8, 4) is 34.4 Å². The van der Waals surface area contributed by atoms with E-state index < -0.39 is 6.23 Å². The van der Waals surface area contributed by atoms with Crippen LogP contribution in [-0.4, -0.2) is 48.2 Å². The largest absolute Gasteiger partial charge is 0.493 e. The summed E-state index contributed by atoms with van der Waals surface area (Å²) in [4.78, 5) is 19.1. The number of carbonyl (C=O) groups is 1. The summed E-state index contributed by atoms with van der Waals surface area (Å²) in [5.74, 6) is 2.19. The zero-order valence-corrected chi connectivity index (χ0v) is 19.8. The maximum atomic E-state index is 12.9. The Bertz CT molecular complexity index is 1160. The zero-order chi connectivity index (χ0) is 23.5. The molecular weight excluding hydrogens is 444 g/mol. The molecule has 0 spiro atoms. The standard InChI is InChI=1S/C23H24N4O5S/c1-6-33-23-24-21-19(25-26-23)15-9-7-8-10-16(15)27(13(2)28)22(32-21)14-11-17(29-3)20(31-5)18(12-14)30-4/h7-12,22H,6H2,1-5H3/t22-/m1/s1. The number of benzene rings is 2. The molecule has 33 heavy (non-hydrogen) atoms. The van der Waals surface area contributed by atoms with E-state index in [-0.39, 0.29) is 11.8 Å². The number of hydrogen-bond acceptors (Lipinski definition) is 9. The predicted molar refractivity (Wildman–Crippen MR) is 124 cm³/mol. The second-order valence-electron chi connectivity index (χ2n) is 7.02. The van der Waals surface area contributed by atoms with Crippen LogP contribution in [0, 0.1) is 0 Å². The molecule has 0 radical (unpaired) electrons. The van der Waals surface area contributed by atoms with Crippen molar-refractivity contribution in [2.45, 2.75) is 25.2 Å². The van der Waals surface area contributed by atoms with Gasteiger partial charge in [-0.05, 0) is 24.0 Å². The van der Waals surface area contributed by atoms with Gasteiger partial charge in [0.05, 0.1) is 27.0 Å². The number of aromatic nitrogens is 3. The topological polar surface area (TPSA) is 95.9 Å². The summed E-state index contributed by atoms with van der Waals surface area (Å²) >= 11 is 1.46. The minimum absolute atomic E-state index is 0.217. The summed E-state index contributed by atoms with van der Waals surface area (Å²) in [6.45, 7) is 3.49. The minimum atomic E-state index is -0.866. The van der Waals surface area contributed by atoms with Gasteiger partial charge in [0.2, 0.25) is 28.9 Å². The smallest absolute Gasteiger partial charge is 0.247 e. The van der Waals surface area contributed by atoms with Crippen LogP contribution in [0.25, 0.3) is 11.3 Å². The van der Waals surface area contributed by atoms with Gasteiger partial charge in [0.25, 0.3) is 0 Å². The van der Waals surface area contributed by atoms with Crippen LogP contribution >= 0.6 is 11.8 Å². The molecule has 0 fully saturated rings. The Labute approximate surface area is 196 Å². The average molecular weight is 469 g/mol. The highest BCUT2D eigenvalue weighted by atomic mass is 32.2. The van der Waals surface area contributed by atoms with Gasteiger partial charge in [0.15, 0.2) is 17.2 Å². The Morgan fingerprint density at radius 2 is 1.79 bits per heavy atom. The Morgan fingerprint density at radius 3 is 2.39 bits per heavy atom. The molecule has 1 aliphatic heterocycles. The Kier molecular flexibility index (Phi) is 6.55. The van der Waals surface area contributed by atoms with Crippen LogP contribution < -0.4 is 23.8 Å². The first kappa shape index (κ1) is 22.7. The first-order valence-corrected chi connectivity index (χ1v) is 11.2. The van der Waals surface area contributed by atoms with Crippen molar-refractivity contribution in [1.82, 2.24) is 15.2 Å². The van der Waals surface area contributed by atoms with Gasteiger partial charge >= 0.3 is 0 Å². The molecule has 1 aliphatic rings. The van der Waals surface area contributed by atoms with E-state index in [9.17, 15) is 4.79 Å². The first-order valence-electron chi connectivity index (χ1n) is 10.3. The normalized spacial score (nSPS) is 14.5. The highest BCUT2D eigenvalue weighted by Gasteiger charge is 2.35. The fourth-order valence-corrected chi connectivity index (χ4v) is 4.21. The van der Waals surface area contributed by atoms with E-state index in [4.69, 9.17) is 18.9 Å². The Hall–Kier alpha value is -3.53. The molecule has 0 unspecified atom stereocenters. The van der Waals surface area contributed by atoms with Crippen LogP contribution in [0.15, 0.2) is 41.6 Å². The Balaban J connectivity index is 1.97. The van der Waals surface area contributed by atoms with Gasteiger partial charge in [-0.3, -0.25) is 9.69 Å². The first-order chi connectivity index (χ1) is 16.0. The Morgan fingerprint density at radius 1 is 1.09 bits per heavy atom. The maximum absolute atomic E-state index is 12.9. The number of hydrogen-bond donors (Lipinski definition) is 0. The molecule has 3 aromatic rings. The van der Waals surface area contributed by atoms with E-state index in [1.54, 1.807) is 17.0 Å². The number of para-hydroxylation sites is 1. The van der Waals surface area contributed by atoms with Crippen molar-refractivity contribution < 1.29 is 23.7 Å². The monoisotopic (exact) mass is 468 g/mol. The van der Waals surface area contributed by atoms with Crippen LogP contribution in [0.2, 0.25) is 0 Å². The lowest BCUT2D eigenvalue weighted by Gasteiger charge is -2.30. The number of amides is 1. The molecular formula is C23H24N4O5S. The zero-order valence-electron chi connectivity index (χ0n) is 19.0. The fourth-order valence-electron chi connectivity index (χ4n) is 3.70. The molecule has 10 heteroatoms. The number of rotatable bonds is 6. The van der Waals surface area contributed by atoms with E-state index >= 15 is 0 Å². The molecule has 2 aromatic carbocycles. The average Bonchev–Trinajstić information content (AvgIpc) is 2.97. The molecule has 9 nitrogen and oxygen atoms in total. The van der Waals surface area contributed by atoms with Crippen molar-refractivity contribution in [2.75, 3.05) is 32.0 Å². The van der Waals surface area contributed by atoms with Gasteiger partial charge in [0, 0.05) is 18.1 Å². The van der Waals surface area contributed by atoms with E-state index in [0.717, 1.165) is 5.75 Å². The van der Waals surface area contributed by atoms with Gasteiger partial charge in [-0.1, -0.05) is 36.9 Å². The third-order valence-corrected chi connectivity index (χ3v) is 5.82. The van der Waals surface area contributed by atoms with Crippen molar-refractivity contribution in [3.63, 3.8) is 0 Å². The number of ether oxygens (including phenoxy) is 4. The summed E-state index contributed by atoms with van der Waals surface area (Å²) < 4.78 is 22.9. The van der Waals surface area contributed by atoms with Gasteiger partial charge in [-0.15, -0.1) is 10.2 Å². The van der Waals surface area contributed by atoms with Crippen molar-refractivity contribution >= 4 is 23.4 Å². The van der Waals surface area contributed by atoms with Crippen LogP contribution in [0.5, 0.6) is 23.1 Å². The number of methoxy groups -OCH3 is 3. The molecule has 172 valence electrons. The fraction of sp³-hybridized carbons (Fsp3) is 0.304. The lowest BCUT2D eigenvalue weighted by molar-refractivity contribution is -0.118. The lowest BCUT2D eigenvalue weighted by Crippen LogP contribution is -2.36. The summed E-state index contributed by atoms with van der Waals surface area (Å²) in [7, 11) is 4.60. The van der Waals surface area contributed by atoms with E-state index in [1.807, 2.05) is 31.2 Å². The predicted octanol–water partition coefficient (Wildman–Crippen LogP) is 4.12. The highest BCUT2D eigenvalue weighted by Crippen LogP contribution is 2.46. The minimum Gasteiger partial charge on any atom is -0.493 e.